The molecule has 3 heteroatoms. The zero-order valence-corrected chi connectivity index (χ0v) is 7.20. The van der Waals surface area contributed by atoms with Gasteiger partial charge in [0.15, 0.2) is 0 Å². The molecule has 0 saturated carbocycles. The van der Waals surface area contributed by atoms with Gasteiger partial charge in [0.2, 0.25) is 0 Å². The average Bonchev–Trinajstić information content (AvgIpc) is 2.19. The van der Waals surface area contributed by atoms with Crippen molar-refractivity contribution in [1.82, 2.24) is 5.32 Å². The van der Waals surface area contributed by atoms with E-state index >= 15 is 0 Å². The Bertz CT molecular complexity index is 335. The highest BCUT2D eigenvalue weighted by Gasteiger charge is 1.91. The number of benzene rings is 1. The third-order valence-corrected chi connectivity index (χ3v) is 1.32. The van der Waals surface area contributed by atoms with Crippen molar-refractivity contribution < 1.29 is 9.53 Å². The fraction of sp³-hybridized carbons (Fsp3) is 0.100. The van der Waals surface area contributed by atoms with Crippen LogP contribution in [0.2, 0.25) is 0 Å². The van der Waals surface area contributed by atoms with Crippen molar-refractivity contribution in [1.29, 1.82) is 0 Å². The van der Waals surface area contributed by atoms with E-state index < -0.39 is 6.09 Å². The van der Waals surface area contributed by atoms with Crippen molar-refractivity contribution >= 4 is 6.09 Å². The number of rotatable bonds is 0. The van der Waals surface area contributed by atoms with Gasteiger partial charge in [-0.25, -0.2) is 4.79 Å². The molecule has 0 heterocycles. The molecule has 0 aliphatic rings. The van der Waals surface area contributed by atoms with Crippen LogP contribution in [0.4, 0.5) is 4.79 Å². The lowest BCUT2D eigenvalue weighted by Gasteiger charge is -1.90. The molecule has 0 atom stereocenters. The first-order chi connectivity index (χ1) is 6.33. The second-order valence-electron chi connectivity index (χ2n) is 2.23. The normalized spacial score (nSPS) is 8.08. The monoisotopic (exact) mass is 175 g/mol. The van der Waals surface area contributed by atoms with Crippen LogP contribution in [-0.2, 0) is 4.74 Å². The van der Waals surface area contributed by atoms with E-state index in [0.717, 1.165) is 5.56 Å². The molecule has 0 fully saturated rings. The molecule has 1 amide bonds. The van der Waals surface area contributed by atoms with Gasteiger partial charge in [0.1, 0.15) is 6.11 Å². The Morgan fingerprint density at radius 1 is 1.38 bits per heavy atom. The molecule has 66 valence electrons. The topological polar surface area (TPSA) is 38.3 Å². The maximum atomic E-state index is 10.6. The number of nitrogens with one attached hydrogen (secondary N) is 1. The Labute approximate surface area is 76.7 Å². The summed E-state index contributed by atoms with van der Waals surface area (Å²) in [5, 5.41) is 2.29. The second kappa shape index (κ2) is 4.83. The highest BCUT2D eigenvalue weighted by molar-refractivity contribution is 5.68. The van der Waals surface area contributed by atoms with Gasteiger partial charge in [-0.1, -0.05) is 18.2 Å². The van der Waals surface area contributed by atoms with Crippen LogP contribution in [0, 0.1) is 12.0 Å². The summed E-state index contributed by atoms with van der Waals surface area (Å²) < 4.78 is 4.48. The van der Waals surface area contributed by atoms with Gasteiger partial charge in [0.05, 0.1) is 0 Å². The Morgan fingerprint density at radius 3 is 2.69 bits per heavy atom. The summed E-state index contributed by atoms with van der Waals surface area (Å²) in [6.07, 6.45) is 1.74. The van der Waals surface area contributed by atoms with Crippen molar-refractivity contribution in [2.45, 2.75) is 0 Å². The van der Waals surface area contributed by atoms with E-state index in [1.165, 1.54) is 7.05 Å². The van der Waals surface area contributed by atoms with Crippen LogP contribution in [0.1, 0.15) is 5.56 Å². The van der Waals surface area contributed by atoms with Crippen LogP contribution in [0.5, 0.6) is 0 Å². The fourth-order valence-electron chi connectivity index (χ4n) is 0.703. The van der Waals surface area contributed by atoms with E-state index in [9.17, 15) is 4.79 Å². The van der Waals surface area contributed by atoms with Crippen LogP contribution in [-0.4, -0.2) is 13.1 Å². The predicted octanol–water partition coefficient (Wildman–Crippen LogP) is 1.35. The van der Waals surface area contributed by atoms with E-state index in [1.54, 1.807) is 0 Å². The molecule has 13 heavy (non-hydrogen) atoms. The lowest BCUT2D eigenvalue weighted by Crippen LogP contribution is -2.16. The van der Waals surface area contributed by atoms with Gasteiger partial charge in [0, 0.05) is 12.6 Å². The van der Waals surface area contributed by atoms with Gasteiger partial charge in [0.25, 0.3) is 0 Å². The number of hydrogen-bond donors (Lipinski definition) is 1. The summed E-state index contributed by atoms with van der Waals surface area (Å²) in [5.41, 5.74) is 0.811. The maximum Gasteiger partial charge on any atom is 0.421 e. The van der Waals surface area contributed by atoms with Crippen molar-refractivity contribution in [2.24, 2.45) is 0 Å². The summed E-state index contributed by atoms with van der Waals surface area (Å²) in [5.74, 6) is 2.68. The summed E-state index contributed by atoms with van der Waals surface area (Å²) in [6, 6.07) is 9.29. The quantitative estimate of drug-likeness (QED) is 0.604. The van der Waals surface area contributed by atoms with Gasteiger partial charge >= 0.3 is 6.09 Å². The molecule has 1 rings (SSSR count). The Kier molecular flexibility index (Phi) is 3.40. The molecule has 0 aliphatic carbocycles. The summed E-state index contributed by atoms with van der Waals surface area (Å²) in [4.78, 5) is 10.6. The van der Waals surface area contributed by atoms with E-state index in [1.807, 2.05) is 30.3 Å². The molecule has 1 aromatic carbocycles. The van der Waals surface area contributed by atoms with E-state index in [0.29, 0.717) is 0 Å². The molecular weight excluding hydrogens is 166 g/mol. The first-order valence-electron chi connectivity index (χ1n) is 3.77. The van der Waals surface area contributed by atoms with E-state index in [-0.39, 0.29) is 0 Å². The number of hydrogen-bond acceptors (Lipinski definition) is 2. The van der Waals surface area contributed by atoms with Crippen molar-refractivity contribution in [3.63, 3.8) is 0 Å². The standard InChI is InChI=1S/C10H9NO2/c1-11-10(12)13-8-7-9-5-3-2-4-6-9/h2-6H,1H3,(H,11,12). The van der Waals surface area contributed by atoms with Crippen molar-refractivity contribution in [2.75, 3.05) is 7.05 Å². The molecule has 3 nitrogen and oxygen atoms in total. The van der Waals surface area contributed by atoms with Crippen molar-refractivity contribution in [3.05, 3.63) is 35.9 Å². The van der Waals surface area contributed by atoms with E-state index in [2.05, 4.69) is 22.1 Å². The molecule has 0 bridgehead atoms. The molecule has 1 aromatic rings. The number of carbonyl (C=O) groups excluding carboxylic acids is 1. The largest absolute Gasteiger partial charge is 0.421 e. The number of ether oxygens (including phenoxy) is 1. The van der Waals surface area contributed by atoms with Crippen LogP contribution in [0.3, 0.4) is 0 Å². The Balaban J connectivity index is 2.54. The van der Waals surface area contributed by atoms with Gasteiger partial charge in [-0.3, -0.25) is 0 Å². The number of carbonyl (C=O) groups is 1. The fourth-order valence-corrected chi connectivity index (χ4v) is 0.703. The first kappa shape index (κ1) is 9.14. The SMILES string of the molecule is CNC(=O)OC#Cc1ccccc1. The van der Waals surface area contributed by atoms with Crippen LogP contribution < -0.4 is 5.32 Å². The minimum Gasteiger partial charge on any atom is -0.355 e. The smallest absolute Gasteiger partial charge is 0.355 e. The van der Waals surface area contributed by atoms with Crippen LogP contribution in [0.25, 0.3) is 0 Å². The number of amides is 1. The third kappa shape index (κ3) is 3.30. The first-order valence-corrected chi connectivity index (χ1v) is 3.77. The summed E-state index contributed by atoms with van der Waals surface area (Å²) in [6.45, 7) is 0. The molecule has 1 N–H and O–H groups in total. The lowest BCUT2D eigenvalue weighted by molar-refractivity contribution is 0.194. The molecule has 0 radical (unpaired) electrons. The highest BCUT2D eigenvalue weighted by Crippen LogP contribution is 1.94. The predicted molar refractivity (Wildman–Crippen MR) is 48.9 cm³/mol. The molecule has 0 unspecified atom stereocenters. The minimum atomic E-state index is -0.552. The van der Waals surface area contributed by atoms with Gasteiger partial charge < -0.3 is 10.1 Å². The van der Waals surface area contributed by atoms with E-state index in [4.69, 9.17) is 0 Å². The molecule has 0 aromatic heterocycles. The maximum absolute atomic E-state index is 10.6. The summed E-state index contributed by atoms with van der Waals surface area (Å²) >= 11 is 0. The molecule has 0 aliphatic heterocycles. The molecule has 0 saturated heterocycles. The summed E-state index contributed by atoms with van der Waals surface area (Å²) in [7, 11) is 1.48. The third-order valence-electron chi connectivity index (χ3n) is 1.32. The molecule has 0 spiro atoms. The van der Waals surface area contributed by atoms with Gasteiger partial charge in [-0.05, 0) is 18.1 Å². The second-order valence-corrected chi connectivity index (χ2v) is 2.23. The van der Waals surface area contributed by atoms with Gasteiger partial charge in [-0.2, -0.15) is 0 Å². The number of alkyl carbamates (subject to hydrolysis) is 1. The van der Waals surface area contributed by atoms with Crippen molar-refractivity contribution in [3.8, 4) is 12.0 Å². The van der Waals surface area contributed by atoms with Crippen LogP contribution >= 0.6 is 0 Å². The minimum absolute atomic E-state index is 0.552. The molecular formula is C10H9NO2. The lowest BCUT2D eigenvalue weighted by atomic mass is 10.2. The van der Waals surface area contributed by atoms with Crippen LogP contribution in [0.15, 0.2) is 30.3 Å². The zero-order chi connectivity index (χ0) is 9.52. The average molecular weight is 175 g/mol. The highest BCUT2D eigenvalue weighted by atomic mass is 16.5. The Morgan fingerprint density at radius 2 is 2.08 bits per heavy atom. The van der Waals surface area contributed by atoms with Gasteiger partial charge in [-0.15, -0.1) is 0 Å². The Hall–Kier alpha value is -1.95. The zero-order valence-electron chi connectivity index (χ0n) is 7.20.